The molecule has 0 atom stereocenters. The average Bonchev–Trinajstić information content (AvgIpc) is 2.95. The summed E-state index contributed by atoms with van der Waals surface area (Å²) in [7, 11) is 2.56. The smallest absolute Gasteiger partial charge is 0.355 e. The number of ether oxygens (including phenoxy) is 2. The van der Waals surface area contributed by atoms with Gasteiger partial charge in [-0.05, 0) is 42.3 Å². The molecule has 0 aliphatic carbocycles. The van der Waals surface area contributed by atoms with E-state index in [2.05, 4.69) is 6.07 Å². The highest BCUT2D eigenvalue weighted by molar-refractivity contribution is 6.05. The molecule has 0 fully saturated rings. The van der Waals surface area contributed by atoms with Crippen molar-refractivity contribution in [2.24, 2.45) is 0 Å². The number of allylic oxidation sites excluding steroid dienone is 2. The Labute approximate surface area is 164 Å². The number of rotatable bonds is 4. The Morgan fingerprint density at radius 3 is 2.21 bits per heavy atom. The fourth-order valence-corrected chi connectivity index (χ4v) is 3.03. The van der Waals surface area contributed by atoms with Gasteiger partial charge in [0, 0.05) is 11.9 Å². The van der Waals surface area contributed by atoms with Crippen LogP contribution in [0.3, 0.4) is 0 Å². The molecule has 5 heteroatoms. The highest BCUT2D eigenvalue weighted by Crippen LogP contribution is 2.30. The third-order valence-electron chi connectivity index (χ3n) is 4.36. The summed E-state index contributed by atoms with van der Waals surface area (Å²) in [6.07, 6.45) is 6.69. The Morgan fingerprint density at radius 1 is 0.857 bits per heavy atom. The van der Waals surface area contributed by atoms with Crippen LogP contribution < -0.4 is 4.90 Å². The van der Waals surface area contributed by atoms with Crippen LogP contribution in [0, 0.1) is 6.92 Å². The second-order valence-corrected chi connectivity index (χ2v) is 6.24. The molecule has 0 N–H and O–H groups in total. The Hall–Kier alpha value is -3.60. The summed E-state index contributed by atoms with van der Waals surface area (Å²) < 4.78 is 9.79. The molecule has 0 radical (unpaired) electrons. The zero-order valence-electron chi connectivity index (χ0n) is 16.0. The second-order valence-electron chi connectivity index (χ2n) is 6.24. The van der Waals surface area contributed by atoms with Crippen LogP contribution in [-0.4, -0.2) is 26.2 Å². The molecule has 1 aliphatic rings. The molecule has 0 bridgehead atoms. The first-order chi connectivity index (χ1) is 13.5. The number of hydrogen-bond acceptors (Lipinski definition) is 5. The maximum atomic E-state index is 12.5. The van der Waals surface area contributed by atoms with E-state index in [9.17, 15) is 9.59 Å². The lowest BCUT2D eigenvalue weighted by atomic mass is 10.0. The molecule has 0 spiro atoms. The van der Waals surface area contributed by atoms with Crippen molar-refractivity contribution in [3.05, 3.63) is 89.8 Å². The number of hydrogen-bond donors (Lipinski definition) is 0. The van der Waals surface area contributed by atoms with Gasteiger partial charge >= 0.3 is 11.9 Å². The molecule has 0 saturated heterocycles. The van der Waals surface area contributed by atoms with E-state index in [1.807, 2.05) is 49.4 Å². The molecule has 1 heterocycles. The zero-order valence-corrected chi connectivity index (χ0v) is 16.0. The molecular weight excluding hydrogens is 354 g/mol. The van der Waals surface area contributed by atoms with E-state index < -0.39 is 11.9 Å². The first-order valence-electron chi connectivity index (χ1n) is 8.77. The fraction of sp³-hybridized carbons (Fsp3) is 0.130. The van der Waals surface area contributed by atoms with Crippen molar-refractivity contribution in [2.75, 3.05) is 19.1 Å². The van der Waals surface area contributed by atoms with Crippen molar-refractivity contribution in [1.82, 2.24) is 0 Å². The van der Waals surface area contributed by atoms with E-state index >= 15 is 0 Å². The number of benzene rings is 2. The van der Waals surface area contributed by atoms with Gasteiger partial charge in [-0.1, -0.05) is 48.0 Å². The van der Waals surface area contributed by atoms with E-state index in [0.717, 1.165) is 22.4 Å². The Morgan fingerprint density at radius 2 is 1.54 bits per heavy atom. The Balaban J connectivity index is 2.14. The number of methoxy groups -OCH3 is 2. The SMILES string of the molecule is COC(=O)C1=C(C(=O)OC)N(c2cccc(-c3cccc(C)c3)c2)C=CC=C1. The van der Waals surface area contributed by atoms with E-state index in [1.165, 1.54) is 14.2 Å². The number of aryl methyl sites for hydroxylation is 1. The van der Waals surface area contributed by atoms with Crippen LogP contribution in [0.1, 0.15) is 5.56 Å². The summed E-state index contributed by atoms with van der Waals surface area (Å²) in [5, 5.41) is 0. The van der Waals surface area contributed by atoms with E-state index in [4.69, 9.17) is 9.47 Å². The van der Waals surface area contributed by atoms with Crippen molar-refractivity contribution >= 4 is 17.6 Å². The molecule has 0 unspecified atom stereocenters. The second kappa shape index (κ2) is 8.39. The lowest BCUT2D eigenvalue weighted by Crippen LogP contribution is -2.26. The van der Waals surface area contributed by atoms with Crippen LogP contribution >= 0.6 is 0 Å². The van der Waals surface area contributed by atoms with Crippen molar-refractivity contribution < 1.29 is 19.1 Å². The van der Waals surface area contributed by atoms with Crippen LogP contribution in [0.2, 0.25) is 0 Å². The molecule has 142 valence electrons. The number of anilines is 1. The van der Waals surface area contributed by atoms with Crippen LogP contribution in [-0.2, 0) is 19.1 Å². The van der Waals surface area contributed by atoms with Gasteiger partial charge in [0.15, 0.2) is 0 Å². The van der Waals surface area contributed by atoms with Gasteiger partial charge in [-0.3, -0.25) is 0 Å². The molecule has 5 nitrogen and oxygen atoms in total. The molecular formula is C23H21NO4. The van der Waals surface area contributed by atoms with E-state index in [0.29, 0.717) is 0 Å². The molecule has 3 rings (SSSR count). The monoisotopic (exact) mass is 375 g/mol. The van der Waals surface area contributed by atoms with Gasteiger partial charge in [-0.2, -0.15) is 0 Å². The topological polar surface area (TPSA) is 55.8 Å². The van der Waals surface area contributed by atoms with E-state index in [1.54, 1.807) is 29.3 Å². The fourth-order valence-electron chi connectivity index (χ4n) is 3.03. The highest BCUT2D eigenvalue weighted by Gasteiger charge is 2.27. The third kappa shape index (κ3) is 3.88. The third-order valence-corrected chi connectivity index (χ3v) is 4.36. The number of nitrogens with zero attached hydrogens (tertiary/aromatic N) is 1. The summed E-state index contributed by atoms with van der Waals surface area (Å²) in [5.74, 6) is -1.24. The molecule has 1 aliphatic heterocycles. The maximum absolute atomic E-state index is 12.5. The van der Waals surface area contributed by atoms with Gasteiger partial charge in [0.25, 0.3) is 0 Å². The predicted octanol–water partition coefficient (Wildman–Crippen LogP) is 4.15. The molecule has 0 saturated carbocycles. The highest BCUT2D eigenvalue weighted by atomic mass is 16.5. The largest absolute Gasteiger partial charge is 0.465 e. The van der Waals surface area contributed by atoms with Crippen molar-refractivity contribution in [2.45, 2.75) is 6.92 Å². The summed E-state index contributed by atoms with van der Waals surface area (Å²) in [6, 6.07) is 15.9. The van der Waals surface area contributed by atoms with Gasteiger partial charge in [-0.15, -0.1) is 0 Å². The molecule has 28 heavy (non-hydrogen) atoms. The van der Waals surface area contributed by atoms with Crippen LogP contribution in [0.25, 0.3) is 11.1 Å². The van der Waals surface area contributed by atoms with Gasteiger partial charge in [-0.25, -0.2) is 9.59 Å². The number of carbonyl (C=O) groups excluding carboxylic acids is 2. The van der Waals surface area contributed by atoms with Crippen molar-refractivity contribution in [3.63, 3.8) is 0 Å². The minimum Gasteiger partial charge on any atom is -0.465 e. The summed E-state index contributed by atoms with van der Waals surface area (Å²) >= 11 is 0. The summed E-state index contributed by atoms with van der Waals surface area (Å²) in [6.45, 7) is 2.04. The summed E-state index contributed by atoms with van der Waals surface area (Å²) in [5.41, 5.74) is 4.16. The van der Waals surface area contributed by atoms with Gasteiger partial charge in [0.05, 0.1) is 19.8 Å². The van der Waals surface area contributed by atoms with Gasteiger partial charge in [0.1, 0.15) is 5.70 Å². The maximum Gasteiger partial charge on any atom is 0.355 e. The quantitative estimate of drug-likeness (QED) is 0.752. The first-order valence-corrected chi connectivity index (χ1v) is 8.77. The molecule has 2 aromatic rings. The Kier molecular flexibility index (Phi) is 5.75. The van der Waals surface area contributed by atoms with Gasteiger partial charge < -0.3 is 14.4 Å². The Bertz CT molecular complexity index is 1000. The first kappa shape index (κ1) is 19.2. The van der Waals surface area contributed by atoms with Crippen molar-refractivity contribution in [3.8, 4) is 11.1 Å². The minimum atomic E-state index is -0.627. The van der Waals surface area contributed by atoms with Crippen LogP contribution in [0.5, 0.6) is 0 Å². The lowest BCUT2D eigenvalue weighted by molar-refractivity contribution is -0.139. The number of carbonyl (C=O) groups is 2. The normalized spacial score (nSPS) is 13.3. The van der Waals surface area contributed by atoms with Crippen LogP contribution in [0.4, 0.5) is 5.69 Å². The van der Waals surface area contributed by atoms with Crippen molar-refractivity contribution in [1.29, 1.82) is 0 Å². The zero-order chi connectivity index (χ0) is 20.1. The molecule has 2 aromatic carbocycles. The minimum absolute atomic E-state index is 0.0979. The lowest BCUT2D eigenvalue weighted by Gasteiger charge is -2.23. The summed E-state index contributed by atoms with van der Waals surface area (Å²) in [4.78, 5) is 26.4. The van der Waals surface area contributed by atoms with Gasteiger partial charge in [0.2, 0.25) is 0 Å². The molecule has 0 amide bonds. The molecule has 0 aromatic heterocycles. The van der Waals surface area contributed by atoms with Crippen LogP contribution in [0.15, 0.2) is 84.2 Å². The average molecular weight is 375 g/mol. The predicted molar refractivity (Wildman–Crippen MR) is 108 cm³/mol. The number of esters is 2. The standard InChI is InChI=1S/C23H21NO4/c1-16-8-6-9-17(14-16)18-10-7-11-19(15-18)24-13-5-4-12-20(22(25)27-2)21(24)23(26)28-3/h4-15H,1-3H3. The van der Waals surface area contributed by atoms with E-state index in [-0.39, 0.29) is 11.3 Å².